The summed E-state index contributed by atoms with van der Waals surface area (Å²) in [4.78, 5) is 33.1. The average molecular weight is 309 g/mol. The first kappa shape index (κ1) is 17.6. The topological polar surface area (TPSA) is 95.7 Å². The monoisotopic (exact) mass is 309 g/mol. The van der Waals surface area contributed by atoms with Crippen LogP contribution in [0, 0.1) is 17.0 Å². The van der Waals surface area contributed by atoms with Gasteiger partial charge in [0.15, 0.2) is 0 Å². The predicted molar refractivity (Wildman–Crippen MR) is 78.1 cm³/mol. The van der Waals surface area contributed by atoms with Crippen LogP contribution in [0.2, 0.25) is 0 Å². The van der Waals surface area contributed by atoms with Gasteiger partial charge in [0.1, 0.15) is 6.61 Å². The molecular formula is C15H19NO6. The molecule has 0 N–H and O–H groups in total. The number of nitro benzene ring substituents is 1. The molecule has 0 aliphatic carbocycles. The summed E-state index contributed by atoms with van der Waals surface area (Å²) in [7, 11) is 0. The van der Waals surface area contributed by atoms with Gasteiger partial charge >= 0.3 is 11.9 Å². The second-order valence-electron chi connectivity index (χ2n) is 4.76. The number of nitrogens with zero attached hydrogens (tertiary/aromatic N) is 1. The SMILES string of the molecule is CCCOC(=O)CCC(=O)OCc1ccc(C)c([N+](=O)[O-])c1. The molecule has 7 nitrogen and oxygen atoms in total. The van der Waals surface area contributed by atoms with Gasteiger partial charge in [0.05, 0.1) is 24.4 Å². The van der Waals surface area contributed by atoms with Crippen molar-refractivity contribution in [2.75, 3.05) is 6.61 Å². The number of nitro groups is 1. The van der Waals surface area contributed by atoms with Gasteiger partial charge in [-0.15, -0.1) is 0 Å². The van der Waals surface area contributed by atoms with Crippen LogP contribution in [0.5, 0.6) is 0 Å². The van der Waals surface area contributed by atoms with E-state index >= 15 is 0 Å². The van der Waals surface area contributed by atoms with Crippen molar-refractivity contribution in [1.29, 1.82) is 0 Å². The van der Waals surface area contributed by atoms with Gasteiger partial charge in [-0.1, -0.05) is 19.1 Å². The van der Waals surface area contributed by atoms with E-state index in [0.29, 0.717) is 17.7 Å². The molecule has 0 fully saturated rings. The number of carbonyl (C=O) groups is 2. The minimum atomic E-state index is -0.545. The fraction of sp³-hybridized carbons (Fsp3) is 0.467. The fourth-order valence-electron chi connectivity index (χ4n) is 1.67. The lowest BCUT2D eigenvalue weighted by Gasteiger charge is -2.06. The third-order valence-electron chi connectivity index (χ3n) is 2.87. The maximum absolute atomic E-state index is 11.5. The summed E-state index contributed by atoms with van der Waals surface area (Å²) in [6.45, 7) is 3.78. The molecule has 0 heterocycles. The highest BCUT2D eigenvalue weighted by Crippen LogP contribution is 2.19. The minimum Gasteiger partial charge on any atom is -0.466 e. The number of carbonyl (C=O) groups excluding carboxylic acids is 2. The Balaban J connectivity index is 2.43. The molecule has 0 radical (unpaired) electrons. The smallest absolute Gasteiger partial charge is 0.306 e. The number of benzene rings is 1. The van der Waals surface area contributed by atoms with Crippen molar-refractivity contribution in [1.82, 2.24) is 0 Å². The largest absolute Gasteiger partial charge is 0.466 e. The summed E-state index contributed by atoms with van der Waals surface area (Å²) in [6, 6.07) is 4.63. The summed E-state index contributed by atoms with van der Waals surface area (Å²) < 4.78 is 9.83. The van der Waals surface area contributed by atoms with Crippen molar-refractivity contribution in [3.63, 3.8) is 0 Å². The van der Waals surface area contributed by atoms with Crippen LogP contribution in [0.3, 0.4) is 0 Å². The van der Waals surface area contributed by atoms with Crippen LogP contribution in [-0.4, -0.2) is 23.5 Å². The van der Waals surface area contributed by atoms with E-state index in [0.717, 1.165) is 6.42 Å². The Labute approximate surface area is 128 Å². The summed E-state index contributed by atoms with van der Waals surface area (Å²) >= 11 is 0. The van der Waals surface area contributed by atoms with Crippen LogP contribution in [0.1, 0.15) is 37.3 Å². The Morgan fingerprint density at radius 3 is 2.41 bits per heavy atom. The molecule has 0 aliphatic rings. The Hall–Kier alpha value is -2.44. The average Bonchev–Trinajstić information content (AvgIpc) is 2.49. The van der Waals surface area contributed by atoms with E-state index in [4.69, 9.17) is 9.47 Å². The summed E-state index contributed by atoms with van der Waals surface area (Å²) in [5.74, 6) is -0.985. The normalized spacial score (nSPS) is 10.1. The second-order valence-corrected chi connectivity index (χ2v) is 4.76. The third kappa shape index (κ3) is 5.90. The van der Waals surface area contributed by atoms with Gasteiger partial charge in [0.2, 0.25) is 0 Å². The van der Waals surface area contributed by atoms with E-state index in [9.17, 15) is 19.7 Å². The summed E-state index contributed by atoms with van der Waals surface area (Å²) in [5, 5.41) is 10.8. The Kier molecular flexibility index (Phi) is 7.01. The summed E-state index contributed by atoms with van der Waals surface area (Å²) in [5.41, 5.74) is 1.05. The maximum atomic E-state index is 11.5. The van der Waals surface area contributed by atoms with E-state index in [2.05, 4.69) is 0 Å². The van der Waals surface area contributed by atoms with Gasteiger partial charge in [-0.3, -0.25) is 19.7 Å². The molecule has 0 saturated heterocycles. The van der Waals surface area contributed by atoms with Gasteiger partial charge in [0, 0.05) is 11.6 Å². The van der Waals surface area contributed by atoms with Crippen LogP contribution in [-0.2, 0) is 25.7 Å². The zero-order chi connectivity index (χ0) is 16.5. The summed E-state index contributed by atoms with van der Waals surface area (Å²) in [6.07, 6.45) is 0.617. The molecule has 1 rings (SSSR count). The van der Waals surface area contributed by atoms with Gasteiger partial charge in [-0.2, -0.15) is 0 Å². The zero-order valence-electron chi connectivity index (χ0n) is 12.7. The molecule has 120 valence electrons. The molecule has 0 unspecified atom stereocenters. The fourth-order valence-corrected chi connectivity index (χ4v) is 1.67. The van der Waals surface area contributed by atoms with Gasteiger partial charge in [-0.25, -0.2) is 0 Å². The van der Waals surface area contributed by atoms with Crippen molar-refractivity contribution >= 4 is 17.6 Å². The minimum absolute atomic E-state index is 0.0170. The van der Waals surface area contributed by atoms with Crippen LogP contribution < -0.4 is 0 Å². The number of hydrogen-bond acceptors (Lipinski definition) is 6. The lowest BCUT2D eigenvalue weighted by molar-refractivity contribution is -0.385. The molecule has 0 bridgehead atoms. The highest BCUT2D eigenvalue weighted by atomic mass is 16.6. The first-order valence-electron chi connectivity index (χ1n) is 6.99. The van der Waals surface area contributed by atoms with Gasteiger partial charge in [0.25, 0.3) is 5.69 Å². The Morgan fingerprint density at radius 2 is 1.82 bits per heavy atom. The predicted octanol–water partition coefficient (Wildman–Crippen LogP) is 2.68. The molecule has 1 aromatic rings. The molecule has 0 amide bonds. The van der Waals surface area contributed by atoms with Crippen molar-refractivity contribution < 1.29 is 24.0 Å². The van der Waals surface area contributed by atoms with E-state index in [1.165, 1.54) is 6.07 Å². The molecule has 0 spiro atoms. The molecule has 22 heavy (non-hydrogen) atoms. The van der Waals surface area contributed by atoms with E-state index in [-0.39, 0.29) is 25.1 Å². The molecule has 0 aliphatic heterocycles. The highest BCUT2D eigenvalue weighted by molar-refractivity contribution is 5.77. The standard InChI is InChI=1S/C15H19NO6/c1-3-8-21-14(17)6-7-15(18)22-10-12-5-4-11(2)13(9-12)16(19)20/h4-5,9H,3,6-8,10H2,1-2H3. The van der Waals surface area contributed by atoms with E-state index < -0.39 is 16.9 Å². The maximum Gasteiger partial charge on any atom is 0.306 e. The van der Waals surface area contributed by atoms with Crippen molar-refractivity contribution in [3.8, 4) is 0 Å². The van der Waals surface area contributed by atoms with Crippen LogP contribution in [0.15, 0.2) is 18.2 Å². The molecule has 0 saturated carbocycles. The van der Waals surface area contributed by atoms with E-state index in [1.54, 1.807) is 19.1 Å². The quantitative estimate of drug-likeness (QED) is 0.416. The Morgan fingerprint density at radius 1 is 1.18 bits per heavy atom. The van der Waals surface area contributed by atoms with Gasteiger partial charge < -0.3 is 9.47 Å². The number of hydrogen-bond donors (Lipinski definition) is 0. The zero-order valence-corrected chi connectivity index (χ0v) is 12.7. The first-order valence-corrected chi connectivity index (χ1v) is 6.99. The molecular weight excluding hydrogens is 290 g/mol. The van der Waals surface area contributed by atoms with E-state index in [1.807, 2.05) is 6.92 Å². The van der Waals surface area contributed by atoms with Crippen LogP contribution in [0.4, 0.5) is 5.69 Å². The lowest BCUT2D eigenvalue weighted by Crippen LogP contribution is -2.10. The highest BCUT2D eigenvalue weighted by Gasteiger charge is 2.13. The molecule has 0 atom stereocenters. The van der Waals surface area contributed by atoms with Crippen LogP contribution >= 0.6 is 0 Å². The van der Waals surface area contributed by atoms with Crippen molar-refractivity contribution in [3.05, 3.63) is 39.4 Å². The number of ether oxygens (including phenoxy) is 2. The number of aryl methyl sites for hydroxylation is 1. The van der Waals surface area contributed by atoms with Crippen molar-refractivity contribution in [2.45, 2.75) is 39.7 Å². The van der Waals surface area contributed by atoms with Crippen molar-refractivity contribution in [2.24, 2.45) is 0 Å². The first-order chi connectivity index (χ1) is 10.4. The molecule has 0 aromatic heterocycles. The Bertz CT molecular complexity index is 555. The molecule has 1 aromatic carbocycles. The lowest BCUT2D eigenvalue weighted by atomic mass is 10.1. The number of rotatable bonds is 8. The third-order valence-corrected chi connectivity index (χ3v) is 2.87. The van der Waals surface area contributed by atoms with Gasteiger partial charge in [-0.05, 0) is 18.9 Å². The second kappa shape index (κ2) is 8.76. The van der Waals surface area contributed by atoms with Crippen LogP contribution in [0.25, 0.3) is 0 Å². The number of esters is 2. The molecule has 7 heteroatoms.